The Morgan fingerprint density at radius 3 is 2.94 bits per heavy atom. The molecule has 3 heterocycles. The van der Waals surface area contributed by atoms with Crippen LogP contribution in [0.3, 0.4) is 0 Å². The monoisotopic (exact) mass is 257 g/mol. The number of halogens is 2. The van der Waals surface area contributed by atoms with Crippen molar-refractivity contribution >= 4 is 0 Å². The van der Waals surface area contributed by atoms with Crippen LogP contribution in [0.25, 0.3) is 0 Å². The minimum atomic E-state index is -2.90. The summed E-state index contributed by atoms with van der Waals surface area (Å²) in [6, 6.07) is 0. The third-order valence-corrected chi connectivity index (χ3v) is 3.79. The van der Waals surface area contributed by atoms with E-state index in [1.807, 2.05) is 0 Å². The van der Waals surface area contributed by atoms with Crippen LogP contribution < -0.4 is 5.32 Å². The molecular formula is C12H17F2N3O. The van der Waals surface area contributed by atoms with Gasteiger partial charge in [-0.1, -0.05) is 0 Å². The van der Waals surface area contributed by atoms with E-state index in [2.05, 4.69) is 10.4 Å². The van der Waals surface area contributed by atoms with E-state index < -0.39 is 11.5 Å². The number of nitrogens with zero attached hydrogens (tertiary/aromatic N) is 2. The third-order valence-electron chi connectivity index (χ3n) is 3.79. The summed E-state index contributed by atoms with van der Waals surface area (Å²) in [5.41, 5.74) is 0.268. The molecule has 0 amide bonds. The number of aliphatic hydroxyl groups is 1. The standard InChI is InChI=1S/C12H17F2N3O/c1-11(18)3-4-12(13,14)10-8-6-15-5-2-9(8)16-17(10)7-11/h15,18H,2-7H2,1H3. The summed E-state index contributed by atoms with van der Waals surface area (Å²) in [5, 5.41) is 17.5. The number of alkyl halides is 2. The van der Waals surface area contributed by atoms with E-state index in [0.29, 0.717) is 18.5 Å². The Balaban J connectivity index is 2.14. The summed E-state index contributed by atoms with van der Waals surface area (Å²) in [5.74, 6) is -2.90. The largest absolute Gasteiger partial charge is 0.388 e. The lowest BCUT2D eigenvalue weighted by Gasteiger charge is -2.21. The van der Waals surface area contributed by atoms with Crippen LogP contribution in [0.15, 0.2) is 0 Å². The van der Waals surface area contributed by atoms with Crippen molar-refractivity contribution in [2.75, 3.05) is 6.54 Å². The molecule has 1 unspecified atom stereocenters. The van der Waals surface area contributed by atoms with Crippen molar-refractivity contribution in [2.45, 2.75) is 50.8 Å². The Kier molecular flexibility index (Phi) is 2.50. The Hall–Kier alpha value is -1.01. The normalized spacial score (nSPS) is 30.4. The van der Waals surface area contributed by atoms with Gasteiger partial charge >= 0.3 is 0 Å². The molecule has 0 saturated carbocycles. The van der Waals surface area contributed by atoms with Crippen LogP contribution in [-0.2, 0) is 25.4 Å². The molecule has 1 aromatic rings. The Labute approximate surface area is 104 Å². The average molecular weight is 257 g/mol. The molecule has 1 atom stereocenters. The number of nitrogens with one attached hydrogen (secondary N) is 1. The summed E-state index contributed by atoms with van der Waals surface area (Å²) in [7, 11) is 0. The Morgan fingerprint density at radius 2 is 2.17 bits per heavy atom. The molecule has 0 spiro atoms. The molecule has 0 bridgehead atoms. The molecule has 2 aliphatic rings. The molecule has 0 fully saturated rings. The lowest BCUT2D eigenvalue weighted by atomic mass is 9.97. The van der Waals surface area contributed by atoms with Crippen LogP contribution in [0, 0.1) is 0 Å². The topological polar surface area (TPSA) is 50.1 Å². The molecule has 2 aliphatic heterocycles. The number of fused-ring (bicyclic) bond motifs is 3. The van der Waals surface area contributed by atoms with Gasteiger partial charge in [0.2, 0.25) is 0 Å². The first kappa shape index (κ1) is 12.0. The molecule has 18 heavy (non-hydrogen) atoms. The van der Waals surface area contributed by atoms with Gasteiger partial charge in [0.05, 0.1) is 17.8 Å². The Morgan fingerprint density at radius 1 is 1.39 bits per heavy atom. The van der Waals surface area contributed by atoms with Crippen LogP contribution in [0.1, 0.15) is 36.7 Å². The SMILES string of the molecule is CC1(O)CCC(F)(F)c2c3c(nn2C1)CCNC3. The number of aromatic nitrogens is 2. The number of rotatable bonds is 0. The van der Waals surface area contributed by atoms with Gasteiger partial charge in [0.25, 0.3) is 5.92 Å². The maximum absolute atomic E-state index is 14.2. The summed E-state index contributed by atoms with van der Waals surface area (Å²) in [6.07, 6.45) is 0.442. The predicted molar refractivity (Wildman–Crippen MR) is 61.4 cm³/mol. The van der Waals surface area contributed by atoms with E-state index >= 15 is 0 Å². The van der Waals surface area contributed by atoms with Crippen molar-refractivity contribution in [2.24, 2.45) is 0 Å². The first-order valence-corrected chi connectivity index (χ1v) is 6.29. The molecule has 2 N–H and O–H groups in total. The quantitative estimate of drug-likeness (QED) is 0.733. The second-order valence-electron chi connectivity index (χ2n) is 5.56. The summed E-state index contributed by atoms with van der Waals surface area (Å²) in [6.45, 7) is 2.95. The fourth-order valence-electron chi connectivity index (χ4n) is 2.83. The molecule has 4 nitrogen and oxygen atoms in total. The van der Waals surface area contributed by atoms with E-state index in [0.717, 1.165) is 12.2 Å². The molecule has 6 heteroatoms. The first-order valence-electron chi connectivity index (χ1n) is 6.29. The van der Waals surface area contributed by atoms with Crippen LogP contribution in [0.2, 0.25) is 0 Å². The zero-order chi connectivity index (χ0) is 13.0. The highest BCUT2D eigenvalue weighted by Crippen LogP contribution is 2.41. The zero-order valence-corrected chi connectivity index (χ0v) is 10.3. The van der Waals surface area contributed by atoms with E-state index in [1.165, 1.54) is 4.68 Å². The van der Waals surface area contributed by atoms with Gasteiger partial charge in [-0.2, -0.15) is 13.9 Å². The third kappa shape index (κ3) is 1.83. The smallest absolute Gasteiger partial charge is 0.289 e. The van der Waals surface area contributed by atoms with Crippen molar-refractivity contribution in [3.63, 3.8) is 0 Å². The van der Waals surface area contributed by atoms with Crippen molar-refractivity contribution in [3.8, 4) is 0 Å². The second kappa shape index (κ2) is 3.74. The van der Waals surface area contributed by atoms with Gasteiger partial charge in [0.15, 0.2) is 0 Å². The van der Waals surface area contributed by atoms with Crippen LogP contribution in [-0.4, -0.2) is 27.0 Å². The highest BCUT2D eigenvalue weighted by molar-refractivity contribution is 5.32. The van der Waals surface area contributed by atoms with Gasteiger partial charge in [-0.05, 0) is 13.3 Å². The van der Waals surface area contributed by atoms with E-state index in [4.69, 9.17) is 0 Å². The van der Waals surface area contributed by atoms with Crippen molar-refractivity contribution in [3.05, 3.63) is 17.0 Å². The molecule has 0 radical (unpaired) electrons. The van der Waals surface area contributed by atoms with Crippen molar-refractivity contribution in [1.29, 1.82) is 0 Å². The number of hydrogen-bond acceptors (Lipinski definition) is 3. The van der Waals surface area contributed by atoms with Gasteiger partial charge in [-0.3, -0.25) is 4.68 Å². The molecule has 0 saturated heterocycles. The Bertz CT molecular complexity index is 482. The zero-order valence-electron chi connectivity index (χ0n) is 10.3. The van der Waals surface area contributed by atoms with Gasteiger partial charge < -0.3 is 10.4 Å². The lowest BCUT2D eigenvalue weighted by molar-refractivity contribution is -0.0358. The fraction of sp³-hybridized carbons (Fsp3) is 0.750. The van der Waals surface area contributed by atoms with E-state index in [9.17, 15) is 13.9 Å². The molecule has 0 aliphatic carbocycles. The predicted octanol–water partition coefficient (Wildman–Crippen LogP) is 1.17. The molecular weight excluding hydrogens is 240 g/mol. The van der Waals surface area contributed by atoms with Crippen molar-refractivity contribution < 1.29 is 13.9 Å². The summed E-state index contributed by atoms with van der Waals surface area (Å²) in [4.78, 5) is 0. The van der Waals surface area contributed by atoms with Crippen molar-refractivity contribution in [1.82, 2.24) is 15.1 Å². The van der Waals surface area contributed by atoms with E-state index in [-0.39, 0.29) is 25.1 Å². The summed E-state index contributed by atoms with van der Waals surface area (Å²) < 4.78 is 29.8. The van der Waals surface area contributed by atoms with Gasteiger partial charge in [0.1, 0.15) is 5.69 Å². The first-order chi connectivity index (χ1) is 8.39. The van der Waals surface area contributed by atoms with Crippen LogP contribution in [0.5, 0.6) is 0 Å². The average Bonchev–Trinajstić information content (AvgIpc) is 2.60. The van der Waals surface area contributed by atoms with Gasteiger partial charge in [0, 0.05) is 31.5 Å². The highest BCUT2D eigenvalue weighted by atomic mass is 19.3. The maximum Gasteiger partial charge on any atom is 0.289 e. The molecule has 0 aromatic carbocycles. The molecule has 3 rings (SSSR count). The lowest BCUT2D eigenvalue weighted by Crippen LogP contribution is -2.29. The van der Waals surface area contributed by atoms with Crippen LogP contribution >= 0.6 is 0 Å². The van der Waals surface area contributed by atoms with Gasteiger partial charge in [-0.25, -0.2) is 0 Å². The summed E-state index contributed by atoms with van der Waals surface area (Å²) >= 11 is 0. The maximum atomic E-state index is 14.2. The number of hydrogen-bond donors (Lipinski definition) is 2. The minimum Gasteiger partial charge on any atom is -0.388 e. The highest BCUT2D eigenvalue weighted by Gasteiger charge is 2.45. The fourth-order valence-corrected chi connectivity index (χ4v) is 2.83. The second-order valence-corrected chi connectivity index (χ2v) is 5.56. The van der Waals surface area contributed by atoms with Crippen LogP contribution in [0.4, 0.5) is 8.78 Å². The molecule has 100 valence electrons. The van der Waals surface area contributed by atoms with Gasteiger partial charge in [-0.15, -0.1) is 0 Å². The molecule has 1 aromatic heterocycles. The minimum absolute atomic E-state index is 0.00229. The van der Waals surface area contributed by atoms with E-state index in [1.54, 1.807) is 6.92 Å².